The number of aromatic nitrogens is 4. The van der Waals surface area contributed by atoms with Crippen molar-refractivity contribution in [1.29, 1.82) is 5.26 Å². The molecule has 0 aliphatic carbocycles. The van der Waals surface area contributed by atoms with E-state index in [2.05, 4.69) is 25.5 Å². The van der Waals surface area contributed by atoms with Crippen molar-refractivity contribution < 1.29 is 9.18 Å². The first kappa shape index (κ1) is 17.4. The summed E-state index contributed by atoms with van der Waals surface area (Å²) in [7, 11) is 0. The number of aromatic amines is 2. The number of halogens is 1. The van der Waals surface area contributed by atoms with Crippen molar-refractivity contribution in [2.24, 2.45) is 0 Å². The Morgan fingerprint density at radius 3 is 2.92 bits per heavy atom. The van der Waals surface area contributed by atoms with Gasteiger partial charge in [-0.3, -0.25) is 9.89 Å². The molecule has 3 aromatic rings. The van der Waals surface area contributed by atoms with E-state index in [1.165, 1.54) is 12.4 Å². The summed E-state index contributed by atoms with van der Waals surface area (Å²) in [5, 5.41) is 18.5. The van der Waals surface area contributed by atoms with Gasteiger partial charge in [-0.1, -0.05) is 12.1 Å². The van der Waals surface area contributed by atoms with Gasteiger partial charge in [-0.25, -0.2) is 9.37 Å². The molecule has 0 spiro atoms. The molecule has 8 heteroatoms. The first-order chi connectivity index (χ1) is 12.5. The molecule has 0 aliphatic rings. The van der Waals surface area contributed by atoms with E-state index in [1.54, 1.807) is 25.3 Å². The Kier molecular flexibility index (Phi) is 4.80. The normalized spacial score (nSPS) is 11.8. The number of nitrogens with one attached hydrogen (secondary N) is 3. The number of H-pyrrole nitrogens is 2. The monoisotopic (exact) mass is 352 g/mol. The Balaban J connectivity index is 1.79. The molecule has 0 radical (unpaired) electrons. The van der Waals surface area contributed by atoms with E-state index in [-0.39, 0.29) is 17.5 Å². The molecule has 0 saturated carbocycles. The fraction of sp³-hybridized carbons (Fsp3) is 0.222. The fourth-order valence-electron chi connectivity index (χ4n) is 2.76. The van der Waals surface area contributed by atoms with E-state index >= 15 is 0 Å². The Bertz CT molecular complexity index is 970. The number of benzene rings is 1. The highest BCUT2D eigenvalue weighted by Gasteiger charge is 2.19. The lowest BCUT2D eigenvalue weighted by Gasteiger charge is -2.11. The van der Waals surface area contributed by atoms with Gasteiger partial charge in [0.05, 0.1) is 11.6 Å². The standard InChI is InChI=1S/C18H17FN6O/c1-10-13(6-12-4-3-5-15(19)14(12)7-20)8-21-16(10)18(26)24-11(2)17-22-9-23-25-17/h3-5,8-9,11,21H,6H2,1-2H3,(H,24,26)(H,22,23,25). The van der Waals surface area contributed by atoms with Gasteiger partial charge in [0.1, 0.15) is 29.7 Å². The first-order valence-electron chi connectivity index (χ1n) is 8.01. The molecule has 3 rings (SSSR count). The summed E-state index contributed by atoms with van der Waals surface area (Å²) < 4.78 is 13.8. The molecule has 1 amide bonds. The van der Waals surface area contributed by atoms with Crippen LogP contribution >= 0.6 is 0 Å². The van der Waals surface area contributed by atoms with Gasteiger partial charge in [0.25, 0.3) is 5.91 Å². The van der Waals surface area contributed by atoms with Crippen molar-refractivity contribution in [2.75, 3.05) is 0 Å². The quantitative estimate of drug-likeness (QED) is 0.655. The number of nitriles is 1. The molecule has 26 heavy (non-hydrogen) atoms. The summed E-state index contributed by atoms with van der Waals surface area (Å²) >= 11 is 0. The van der Waals surface area contributed by atoms with Crippen LogP contribution in [-0.2, 0) is 6.42 Å². The van der Waals surface area contributed by atoms with Crippen LogP contribution in [0.15, 0.2) is 30.7 Å². The molecule has 3 N–H and O–H groups in total. The van der Waals surface area contributed by atoms with E-state index in [9.17, 15) is 9.18 Å². The first-order valence-corrected chi connectivity index (χ1v) is 8.01. The zero-order chi connectivity index (χ0) is 18.7. The van der Waals surface area contributed by atoms with Gasteiger partial charge in [-0.05, 0) is 36.6 Å². The number of amides is 1. The average Bonchev–Trinajstić information content (AvgIpc) is 3.26. The largest absolute Gasteiger partial charge is 0.357 e. The van der Waals surface area contributed by atoms with E-state index in [1.807, 2.05) is 13.0 Å². The van der Waals surface area contributed by atoms with Crippen LogP contribution in [0.2, 0.25) is 0 Å². The van der Waals surface area contributed by atoms with Crippen molar-refractivity contribution in [2.45, 2.75) is 26.3 Å². The fourth-order valence-corrected chi connectivity index (χ4v) is 2.76. The van der Waals surface area contributed by atoms with Crippen LogP contribution in [0.4, 0.5) is 4.39 Å². The number of hydrogen-bond donors (Lipinski definition) is 3. The van der Waals surface area contributed by atoms with E-state index in [0.29, 0.717) is 23.5 Å². The van der Waals surface area contributed by atoms with Crippen LogP contribution in [-0.4, -0.2) is 26.1 Å². The third-order valence-electron chi connectivity index (χ3n) is 4.26. The summed E-state index contributed by atoms with van der Waals surface area (Å²) in [5.74, 6) is -0.268. The maximum absolute atomic E-state index is 13.8. The van der Waals surface area contributed by atoms with Crippen LogP contribution in [0.5, 0.6) is 0 Å². The molecular weight excluding hydrogens is 335 g/mol. The summed E-state index contributed by atoms with van der Waals surface area (Å²) in [5.41, 5.74) is 2.60. The average molecular weight is 352 g/mol. The molecule has 7 nitrogen and oxygen atoms in total. The Hall–Kier alpha value is -3.47. The van der Waals surface area contributed by atoms with Crippen molar-refractivity contribution in [3.05, 3.63) is 70.3 Å². The van der Waals surface area contributed by atoms with Gasteiger partial charge in [0.15, 0.2) is 0 Å². The molecule has 0 fully saturated rings. The van der Waals surface area contributed by atoms with Crippen LogP contribution in [0.1, 0.15) is 51.5 Å². The molecule has 1 unspecified atom stereocenters. The third kappa shape index (κ3) is 3.32. The maximum Gasteiger partial charge on any atom is 0.268 e. The molecule has 0 aliphatic heterocycles. The lowest BCUT2D eigenvalue weighted by Crippen LogP contribution is -2.28. The highest BCUT2D eigenvalue weighted by atomic mass is 19.1. The number of nitrogens with zero attached hydrogens (tertiary/aromatic N) is 3. The highest BCUT2D eigenvalue weighted by molar-refractivity contribution is 5.94. The van der Waals surface area contributed by atoms with Crippen LogP contribution < -0.4 is 5.32 Å². The van der Waals surface area contributed by atoms with Crippen LogP contribution in [0.25, 0.3) is 0 Å². The van der Waals surface area contributed by atoms with Gasteiger partial charge < -0.3 is 10.3 Å². The van der Waals surface area contributed by atoms with E-state index in [4.69, 9.17) is 5.26 Å². The van der Waals surface area contributed by atoms with Crippen molar-refractivity contribution >= 4 is 5.91 Å². The number of hydrogen-bond acceptors (Lipinski definition) is 4. The minimum absolute atomic E-state index is 0.0260. The number of carbonyl (C=O) groups is 1. The van der Waals surface area contributed by atoms with Crippen molar-refractivity contribution in [3.63, 3.8) is 0 Å². The molecule has 132 valence electrons. The van der Waals surface area contributed by atoms with Crippen molar-refractivity contribution in [1.82, 2.24) is 25.5 Å². The zero-order valence-corrected chi connectivity index (χ0v) is 14.3. The molecular formula is C18H17FN6O. The molecule has 0 saturated heterocycles. The predicted molar refractivity (Wildman–Crippen MR) is 91.7 cm³/mol. The van der Waals surface area contributed by atoms with Gasteiger partial charge in [-0.15, -0.1) is 0 Å². The number of rotatable bonds is 5. The summed E-state index contributed by atoms with van der Waals surface area (Å²) in [6.45, 7) is 3.61. The number of carbonyl (C=O) groups excluding carboxylic acids is 1. The van der Waals surface area contributed by atoms with Gasteiger partial charge in [-0.2, -0.15) is 10.4 Å². The Labute approximate surface area is 149 Å². The van der Waals surface area contributed by atoms with Crippen LogP contribution in [0.3, 0.4) is 0 Å². The lowest BCUT2D eigenvalue weighted by molar-refractivity contribution is 0.0933. The molecule has 2 heterocycles. The molecule has 0 bridgehead atoms. The second kappa shape index (κ2) is 7.19. The lowest BCUT2D eigenvalue weighted by atomic mass is 9.99. The highest BCUT2D eigenvalue weighted by Crippen LogP contribution is 2.21. The molecule has 1 aromatic carbocycles. The van der Waals surface area contributed by atoms with Gasteiger partial charge >= 0.3 is 0 Å². The third-order valence-corrected chi connectivity index (χ3v) is 4.26. The minimum atomic E-state index is -0.544. The second-order valence-corrected chi connectivity index (χ2v) is 5.94. The predicted octanol–water partition coefficient (Wildman–Crippen LogP) is 2.53. The maximum atomic E-state index is 13.8. The SMILES string of the molecule is Cc1c(Cc2cccc(F)c2C#N)c[nH]c1C(=O)NC(C)c1ncn[nH]1. The minimum Gasteiger partial charge on any atom is -0.357 e. The molecule has 2 aromatic heterocycles. The zero-order valence-electron chi connectivity index (χ0n) is 14.3. The summed E-state index contributed by atoms with van der Waals surface area (Å²) in [4.78, 5) is 19.5. The van der Waals surface area contributed by atoms with Gasteiger partial charge in [0, 0.05) is 12.6 Å². The van der Waals surface area contributed by atoms with E-state index in [0.717, 1.165) is 11.1 Å². The molecule has 1 atom stereocenters. The van der Waals surface area contributed by atoms with Gasteiger partial charge in [0.2, 0.25) is 0 Å². The summed E-state index contributed by atoms with van der Waals surface area (Å²) in [6.07, 6.45) is 3.44. The Morgan fingerprint density at radius 2 is 2.23 bits per heavy atom. The van der Waals surface area contributed by atoms with Crippen molar-refractivity contribution in [3.8, 4) is 6.07 Å². The Morgan fingerprint density at radius 1 is 1.42 bits per heavy atom. The summed E-state index contributed by atoms with van der Waals surface area (Å²) in [6, 6.07) is 6.10. The second-order valence-electron chi connectivity index (χ2n) is 5.94. The smallest absolute Gasteiger partial charge is 0.268 e. The van der Waals surface area contributed by atoms with E-state index < -0.39 is 5.82 Å². The topological polar surface area (TPSA) is 110 Å². The van der Waals surface area contributed by atoms with Crippen LogP contribution in [0, 0.1) is 24.1 Å².